The van der Waals surface area contributed by atoms with Gasteiger partial charge in [0.2, 0.25) is 5.28 Å². The van der Waals surface area contributed by atoms with Gasteiger partial charge in [-0.2, -0.15) is 59.1 Å². The molecule has 15 rings (SSSR count). The average Bonchev–Trinajstić information content (AvgIpc) is 1.68. The van der Waals surface area contributed by atoms with Crippen molar-refractivity contribution in [3.05, 3.63) is 181 Å². The SMILES string of the molecule is CNc1nc(Cl)ncc1C(F)(F)F.COC(=O)C1Cn2nccc2C1=O.COC(=O)c1ccn[nH]1.Cc1[nH]ncc1[N+](=O)[O-].Cc1nn(C2CCn3nccc32)cc1N.Cc1nn(C2CCn3nccc32)cc1[N+](=O)[O-].O=C1CCn2nccc21.OC1CCn2nccc21. The van der Waals surface area contributed by atoms with E-state index < -0.39 is 39.4 Å². The van der Waals surface area contributed by atoms with Crippen LogP contribution in [0.15, 0.2) is 98.4 Å². The highest BCUT2D eigenvalue weighted by molar-refractivity contribution is 6.28. The summed E-state index contributed by atoms with van der Waals surface area (Å²) >= 11 is 5.32. The monoisotopic (exact) mass is 1330 g/mol. The standard InChI is InChI=1S/C10H11N5O2.C10H13N5.C8H8N2O3.C6H5ClF3N3.C6H8N2O.C6H6N2O.C5H6N2O2.C4H5N3O2/c1-7-10(15(16)17)6-14(12-7)9-3-5-13-8(9)2-4-11-13;1-7-8(11)6-15(13-7)10-3-5-14-9(10)2-4-12-14;1-13-8(12)5-4-10-6(7(5)11)2-3-9-10;1-11-4-3(6(8,9)10)2-12-5(7)13-4;2*9-6-2-4-8-5(6)1-3-7-8;1-9-5(8)4-2-3-6-7-4;1-3-4(7(8)9)2-5-6-3/h2,4,6,9H,3,5H2,1H3;2,4,6,10H,3,5,11H2,1H3;2-3,5H,4H2,1H3;2H,1H3,(H,11,12,13);1,3,6,9H,2,4H2;1,3H,2,4H2;2-3H,1H3,(H,6,7);2H,1H3,(H,5,6). The molecule has 10 aromatic heterocycles. The van der Waals surface area contributed by atoms with Crippen LogP contribution in [0.2, 0.25) is 5.28 Å². The quantitative estimate of drug-likeness (QED) is 0.0406. The second-order valence-corrected chi connectivity index (χ2v) is 20.9. The summed E-state index contributed by atoms with van der Waals surface area (Å²) < 4.78 is 58.2. The van der Waals surface area contributed by atoms with Crippen molar-refractivity contribution in [1.82, 2.24) is 98.8 Å². The Morgan fingerprint density at radius 3 is 1.77 bits per heavy atom. The van der Waals surface area contributed by atoms with Crippen LogP contribution in [0.1, 0.15) is 115 Å². The number of aliphatic hydroxyl groups excluding tert-OH is 1. The fourth-order valence-electron chi connectivity index (χ4n) is 9.91. The Balaban J connectivity index is 0.000000139. The Kier molecular flexibility index (Phi) is 22.4. The summed E-state index contributed by atoms with van der Waals surface area (Å²) in [4.78, 5) is 70.6. The number of aromatic nitrogens is 20. The molecule has 0 saturated heterocycles. The summed E-state index contributed by atoms with van der Waals surface area (Å²) in [6.45, 7) is 8.91. The van der Waals surface area contributed by atoms with Crippen LogP contribution >= 0.6 is 11.6 Å². The van der Waals surface area contributed by atoms with Crippen molar-refractivity contribution >= 4 is 58.0 Å². The number of H-pyrrole nitrogens is 2. The van der Waals surface area contributed by atoms with Crippen LogP contribution in [0.5, 0.6) is 0 Å². The van der Waals surface area contributed by atoms with Gasteiger partial charge in [0.15, 0.2) is 11.6 Å². The van der Waals surface area contributed by atoms with Crippen molar-refractivity contribution in [2.24, 2.45) is 5.92 Å². The van der Waals surface area contributed by atoms with E-state index in [-0.39, 0.29) is 46.2 Å². The first-order valence-corrected chi connectivity index (χ1v) is 28.7. The lowest BCUT2D eigenvalue weighted by atomic mass is 10.1. The van der Waals surface area contributed by atoms with Gasteiger partial charge in [-0.15, -0.1) is 0 Å². The number of halogens is 4. The highest BCUT2D eigenvalue weighted by atomic mass is 35.5. The number of ether oxygens (including phenoxy) is 2. The molecule has 5 aliphatic rings. The number of Topliss-reactive ketones (excluding diaryl/α,β-unsaturated/α-hetero) is 2. The fraction of sp³-hybridized carbons (Fsp3) is 0.364. The van der Waals surface area contributed by atoms with Crippen molar-refractivity contribution in [3.63, 3.8) is 0 Å². The second kappa shape index (κ2) is 30.7. The first-order valence-electron chi connectivity index (χ1n) is 28.4. The molecule has 4 unspecified atom stereocenters. The molecule has 0 radical (unpaired) electrons. The maximum absolute atomic E-state index is 12.2. The van der Waals surface area contributed by atoms with Crippen molar-refractivity contribution < 1.29 is 56.8 Å². The molecule has 496 valence electrons. The smallest absolute Gasteiger partial charge is 0.421 e. The minimum absolute atomic E-state index is 0.0370. The van der Waals surface area contributed by atoms with Gasteiger partial charge in [0, 0.05) is 89.2 Å². The van der Waals surface area contributed by atoms with E-state index in [1.54, 1.807) is 66.2 Å². The fourth-order valence-corrected chi connectivity index (χ4v) is 10.0. The molecule has 4 atom stereocenters. The van der Waals surface area contributed by atoms with E-state index in [0.717, 1.165) is 73.9 Å². The summed E-state index contributed by atoms with van der Waals surface area (Å²) in [5, 5.41) is 73.0. The van der Waals surface area contributed by atoms with E-state index in [1.807, 2.05) is 56.2 Å². The van der Waals surface area contributed by atoms with Crippen molar-refractivity contribution in [2.45, 2.75) is 104 Å². The molecule has 5 aliphatic heterocycles. The van der Waals surface area contributed by atoms with Crippen LogP contribution in [0.25, 0.3) is 0 Å². The number of rotatable bonds is 7. The molecule has 0 saturated carbocycles. The molecule has 0 spiro atoms. The molecular weight excluding hydrogens is 1270 g/mol. The summed E-state index contributed by atoms with van der Waals surface area (Å²) in [7, 11) is 3.92. The molecule has 39 heteroatoms. The minimum atomic E-state index is -4.47. The number of carbonyl (C=O) groups is 4. The highest BCUT2D eigenvalue weighted by Gasteiger charge is 2.38. The van der Waals surface area contributed by atoms with E-state index in [9.17, 15) is 57.7 Å². The number of methoxy groups -OCH3 is 2. The molecule has 0 fully saturated rings. The van der Waals surface area contributed by atoms with Gasteiger partial charge in [-0.05, 0) is 88.0 Å². The number of hydrogen-bond acceptors (Lipinski definition) is 24. The number of nitrogen functional groups attached to an aromatic ring is 1. The predicted octanol–water partition coefficient (Wildman–Crippen LogP) is 5.92. The third-order valence-corrected chi connectivity index (χ3v) is 14.9. The summed E-state index contributed by atoms with van der Waals surface area (Å²) in [5.41, 5.74) is 12.4. The van der Waals surface area contributed by atoms with Gasteiger partial charge in [-0.25, -0.2) is 14.8 Å². The van der Waals surface area contributed by atoms with Gasteiger partial charge in [-0.3, -0.25) is 77.6 Å². The number of esters is 2. The van der Waals surface area contributed by atoms with Gasteiger partial charge >= 0.3 is 29.5 Å². The Hall–Kier alpha value is -11.3. The van der Waals surface area contributed by atoms with Crippen molar-refractivity contribution in [3.8, 4) is 0 Å². The van der Waals surface area contributed by atoms with Crippen LogP contribution in [0, 0.1) is 46.9 Å². The number of aliphatic hydroxyl groups is 1. The number of carbonyl (C=O) groups excluding carboxylic acids is 4. The zero-order valence-corrected chi connectivity index (χ0v) is 51.7. The number of fused-ring (bicyclic) bond motifs is 5. The molecule has 35 nitrogen and oxygen atoms in total. The Morgan fingerprint density at radius 1 is 0.713 bits per heavy atom. The van der Waals surface area contributed by atoms with E-state index in [2.05, 4.69) is 80.8 Å². The zero-order chi connectivity index (χ0) is 68.0. The average molecular weight is 1330 g/mol. The lowest BCUT2D eigenvalue weighted by molar-refractivity contribution is -0.385. The Labute approximate surface area is 534 Å². The number of anilines is 2. The number of nitrogens with two attached hydrogens (primary N) is 1. The van der Waals surface area contributed by atoms with Crippen LogP contribution in [0.3, 0.4) is 0 Å². The van der Waals surface area contributed by atoms with Gasteiger partial charge in [0.25, 0.3) is 0 Å². The van der Waals surface area contributed by atoms with Crippen molar-refractivity contribution in [1.29, 1.82) is 0 Å². The first kappa shape index (κ1) is 68.6. The lowest BCUT2D eigenvalue weighted by Gasteiger charge is -2.10. The Bertz CT molecular complexity index is 4210. The minimum Gasteiger partial charge on any atom is -0.468 e. The van der Waals surface area contributed by atoms with E-state index in [1.165, 1.54) is 50.2 Å². The maximum Gasteiger partial charge on any atom is 0.421 e. The number of aryl methyl sites for hydroxylation is 7. The molecule has 94 heavy (non-hydrogen) atoms. The highest BCUT2D eigenvalue weighted by Crippen LogP contribution is 2.34. The van der Waals surface area contributed by atoms with E-state index >= 15 is 0 Å². The number of nitro groups is 2. The number of hydrogen-bond donors (Lipinski definition) is 5. The predicted molar refractivity (Wildman–Crippen MR) is 321 cm³/mol. The third-order valence-electron chi connectivity index (χ3n) is 14.7. The summed E-state index contributed by atoms with van der Waals surface area (Å²) in [6.07, 6.45) is 13.9. The second-order valence-electron chi connectivity index (χ2n) is 20.5. The summed E-state index contributed by atoms with van der Waals surface area (Å²) in [6, 6.07) is 11.1. The number of alkyl halides is 3. The molecule has 0 bridgehead atoms. The van der Waals surface area contributed by atoms with Crippen LogP contribution < -0.4 is 11.1 Å². The van der Waals surface area contributed by atoms with Gasteiger partial charge in [0.1, 0.15) is 58.2 Å². The molecule has 15 heterocycles. The van der Waals surface area contributed by atoms with E-state index in [0.29, 0.717) is 48.0 Å². The number of nitrogens with one attached hydrogen (secondary N) is 3. The van der Waals surface area contributed by atoms with Gasteiger partial charge in [0.05, 0.1) is 77.3 Å². The normalized spacial score (nSPS) is 16.4. The third kappa shape index (κ3) is 16.4. The van der Waals surface area contributed by atoms with E-state index in [4.69, 9.17) is 17.3 Å². The summed E-state index contributed by atoms with van der Waals surface area (Å²) in [5.74, 6) is -1.90. The molecule has 0 aromatic carbocycles. The maximum atomic E-state index is 12.2. The largest absolute Gasteiger partial charge is 0.468 e. The topological polar surface area (TPSA) is 439 Å². The number of nitrogens with zero attached hydrogens (tertiary/aromatic N) is 20. The zero-order valence-electron chi connectivity index (χ0n) is 51.0. The van der Waals surface area contributed by atoms with Crippen LogP contribution in [0.4, 0.5) is 36.1 Å². The lowest BCUT2D eigenvalue weighted by Crippen LogP contribution is -2.22. The molecule has 6 N–H and O–H groups in total. The van der Waals surface area contributed by atoms with Crippen molar-refractivity contribution in [2.75, 3.05) is 32.3 Å². The molecule has 10 aromatic rings. The van der Waals surface area contributed by atoms with Gasteiger partial charge < -0.3 is 25.6 Å². The number of ketones is 2. The van der Waals surface area contributed by atoms with Crippen LogP contribution in [-0.2, 0) is 53.2 Å². The molecular formula is C55H62ClF3N24O11. The number of aromatic amines is 2. The van der Waals surface area contributed by atoms with Gasteiger partial charge in [-0.1, -0.05) is 0 Å². The molecule has 0 amide bonds. The molecule has 0 aliphatic carbocycles. The Morgan fingerprint density at radius 2 is 1.28 bits per heavy atom. The first-order chi connectivity index (χ1) is 44.9. The van der Waals surface area contributed by atoms with Crippen LogP contribution in [-0.4, -0.2) is 159 Å².